The van der Waals surface area contributed by atoms with Crippen LogP contribution in [-0.4, -0.2) is 13.6 Å². The fourth-order valence-corrected chi connectivity index (χ4v) is 1.85. The van der Waals surface area contributed by atoms with Crippen LogP contribution in [0.4, 0.5) is 11.4 Å². The Morgan fingerprint density at radius 1 is 1.31 bits per heavy atom. The molecule has 0 aliphatic carbocycles. The summed E-state index contributed by atoms with van der Waals surface area (Å²) in [5.41, 5.74) is 7.40. The second-order valence-corrected chi connectivity index (χ2v) is 4.01. The highest BCUT2D eigenvalue weighted by Gasteiger charge is 2.14. The number of hydrogen-bond acceptors (Lipinski definition) is 4. The summed E-state index contributed by atoms with van der Waals surface area (Å²) in [6, 6.07) is 0. The van der Waals surface area contributed by atoms with Gasteiger partial charge in [0.2, 0.25) is 0 Å². The van der Waals surface area contributed by atoms with E-state index in [2.05, 4.69) is 11.8 Å². The summed E-state index contributed by atoms with van der Waals surface area (Å²) in [6.45, 7) is 3.16. The fourth-order valence-electron chi connectivity index (χ4n) is 1.28. The van der Waals surface area contributed by atoms with Crippen LogP contribution in [0.5, 0.6) is 0 Å². The summed E-state index contributed by atoms with van der Waals surface area (Å²) in [5, 5.41) is 0. The Labute approximate surface area is 89.1 Å². The second-order valence-electron chi connectivity index (χ2n) is 3.20. The molecule has 0 saturated heterocycles. The van der Waals surface area contributed by atoms with E-state index in [1.54, 1.807) is 0 Å². The SMILES string of the molecule is CCCCN(C)c1c(N)c(=S)c1=S. The van der Waals surface area contributed by atoms with Gasteiger partial charge in [-0.2, -0.15) is 0 Å². The molecule has 0 bridgehead atoms. The van der Waals surface area contributed by atoms with E-state index in [4.69, 9.17) is 30.2 Å². The molecule has 0 fully saturated rings. The van der Waals surface area contributed by atoms with Gasteiger partial charge in [0, 0.05) is 13.6 Å². The van der Waals surface area contributed by atoms with Gasteiger partial charge in [0.15, 0.2) is 0 Å². The summed E-state index contributed by atoms with van der Waals surface area (Å²) in [6.07, 6.45) is 2.33. The third kappa shape index (κ3) is 1.89. The molecule has 13 heavy (non-hydrogen) atoms. The van der Waals surface area contributed by atoms with E-state index in [0.29, 0.717) is 10.2 Å². The normalized spacial score (nSPS) is 10.6. The van der Waals surface area contributed by atoms with Gasteiger partial charge in [0.1, 0.15) is 0 Å². The van der Waals surface area contributed by atoms with E-state index in [1.807, 2.05) is 7.05 Å². The predicted molar refractivity (Wildman–Crippen MR) is 63.1 cm³/mol. The Morgan fingerprint density at radius 3 is 2.38 bits per heavy atom. The first kappa shape index (κ1) is 10.6. The maximum Gasteiger partial charge on any atom is 0.0834 e. The van der Waals surface area contributed by atoms with Crippen molar-refractivity contribution in [3.63, 3.8) is 0 Å². The molecule has 2 N–H and O–H groups in total. The molecule has 72 valence electrons. The van der Waals surface area contributed by atoms with Crippen LogP contribution in [0.15, 0.2) is 0 Å². The minimum Gasteiger partial charge on any atom is -0.396 e. The second kappa shape index (κ2) is 4.15. The van der Waals surface area contributed by atoms with Gasteiger partial charge in [-0.05, 0) is 6.42 Å². The van der Waals surface area contributed by atoms with Crippen LogP contribution in [0, 0.1) is 9.02 Å². The lowest BCUT2D eigenvalue weighted by Gasteiger charge is -2.23. The smallest absolute Gasteiger partial charge is 0.0834 e. The van der Waals surface area contributed by atoms with Gasteiger partial charge in [-0.15, -0.1) is 0 Å². The van der Waals surface area contributed by atoms with Crippen molar-refractivity contribution in [2.75, 3.05) is 24.2 Å². The first-order valence-corrected chi connectivity index (χ1v) is 5.21. The standard InChI is InChI=1S/C9H14N2S2/c1-3-4-5-11(2)7-6(10)8(12)9(7)13/h3-5,10H2,1-2H3. The van der Waals surface area contributed by atoms with Crippen molar-refractivity contribution in [1.29, 1.82) is 0 Å². The Morgan fingerprint density at radius 2 is 1.92 bits per heavy atom. The molecule has 0 aliphatic heterocycles. The number of nitrogens with two attached hydrogens (primary N) is 1. The average molecular weight is 214 g/mol. The highest BCUT2D eigenvalue weighted by atomic mass is 32.1. The van der Waals surface area contributed by atoms with E-state index in [9.17, 15) is 0 Å². The van der Waals surface area contributed by atoms with Gasteiger partial charge in [-0.25, -0.2) is 0 Å². The van der Waals surface area contributed by atoms with Crippen molar-refractivity contribution >= 4 is 35.8 Å². The Kier molecular flexibility index (Phi) is 3.39. The summed E-state index contributed by atoms with van der Waals surface area (Å²) < 4.78 is 1.42. The van der Waals surface area contributed by atoms with Crippen molar-refractivity contribution in [3.8, 4) is 0 Å². The van der Waals surface area contributed by atoms with Crippen molar-refractivity contribution in [1.82, 2.24) is 0 Å². The van der Waals surface area contributed by atoms with Crippen molar-refractivity contribution in [3.05, 3.63) is 9.02 Å². The monoisotopic (exact) mass is 214 g/mol. The van der Waals surface area contributed by atoms with Crippen LogP contribution in [0.1, 0.15) is 19.8 Å². The molecule has 0 heterocycles. The molecule has 0 spiro atoms. The number of rotatable bonds is 4. The van der Waals surface area contributed by atoms with Crippen molar-refractivity contribution < 1.29 is 0 Å². The minimum atomic E-state index is 0.661. The van der Waals surface area contributed by atoms with Crippen LogP contribution < -0.4 is 10.6 Å². The van der Waals surface area contributed by atoms with Gasteiger partial charge in [0.05, 0.1) is 20.4 Å². The highest BCUT2D eigenvalue weighted by molar-refractivity contribution is 7.74. The van der Waals surface area contributed by atoms with E-state index in [1.165, 1.54) is 6.42 Å². The zero-order chi connectivity index (χ0) is 10.0. The maximum absolute atomic E-state index is 5.74. The number of nitrogen functional groups attached to an aromatic ring is 1. The van der Waals surface area contributed by atoms with E-state index >= 15 is 0 Å². The molecular weight excluding hydrogens is 200 g/mol. The summed E-state index contributed by atoms with van der Waals surface area (Å²) in [5.74, 6) is 0. The molecule has 0 radical (unpaired) electrons. The molecule has 4 heteroatoms. The minimum absolute atomic E-state index is 0.661. The van der Waals surface area contributed by atoms with Crippen LogP contribution >= 0.6 is 24.4 Å². The van der Waals surface area contributed by atoms with Crippen LogP contribution in [-0.2, 0) is 0 Å². The lowest BCUT2D eigenvalue weighted by atomic mass is 10.2. The van der Waals surface area contributed by atoms with Crippen LogP contribution in [0.3, 0.4) is 0 Å². The fraction of sp³-hybridized carbons (Fsp3) is 0.556. The number of anilines is 2. The van der Waals surface area contributed by atoms with E-state index < -0.39 is 0 Å². The number of hydrogen-bond donors (Lipinski definition) is 1. The Hall–Kier alpha value is -0.480. The molecule has 0 saturated carbocycles. The lowest BCUT2D eigenvalue weighted by Crippen LogP contribution is -2.22. The average Bonchev–Trinajstić information content (AvgIpc) is 2.14. The van der Waals surface area contributed by atoms with Gasteiger partial charge in [-0.1, -0.05) is 37.8 Å². The maximum atomic E-state index is 5.74. The van der Waals surface area contributed by atoms with Crippen LogP contribution in [0.2, 0.25) is 0 Å². The molecular formula is C9H14N2S2. The molecule has 1 aromatic rings. The molecule has 0 aliphatic rings. The molecule has 2 nitrogen and oxygen atoms in total. The van der Waals surface area contributed by atoms with E-state index in [-0.39, 0.29) is 0 Å². The molecule has 1 aromatic carbocycles. The third-order valence-corrected chi connectivity index (χ3v) is 3.10. The lowest BCUT2D eigenvalue weighted by molar-refractivity contribution is 0.765. The summed E-state index contributed by atoms with van der Waals surface area (Å²) in [4.78, 5) is 2.09. The van der Waals surface area contributed by atoms with Gasteiger partial charge < -0.3 is 10.6 Å². The highest BCUT2D eigenvalue weighted by Crippen LogP contribution is 2.32. The molecule has 0 aromatic heterocycles. The van der Waals surface area contributed by atoms with Gasteiger partial charge in [-0.3, -0.25) is 0 Å². The summed E-state index contributed by atoms with van der Waals surface area (Å²) >= 11 is 10.1. The molecule has 1 rings (SSSR count). The first-order chi connectivity index (χ1) is 6.09. The van der Waals surface area contributed by atoms with Gasteiger partial charge in [0.25, 0.3) is 0 Å². The quantitative estimate of drug-likeness (QED) is 0.780. The predicted octanol–water partition coefficient (Wildman–Crippen LogP) is 2.84. The topological polar surface area (TPSA) is 29.3 Å². The van der Waals surface area contributed by atoms with Crippen LogP contribution in [0.25, 0.3) is 0 Å². The zero-order valence-electron chi connectivity index (χ0n) is 7.96. The number of unbranched alkanes of at least 4 members (excludes halogenated alkanes) is 1. The van der Waals surface area contributed by atoms with Crippen molar-refractivity contribution in [2.24, 2.45) is 0 Å². The Balaban J connectivity index is 2.74. The van der Waals surface area contributed by atoms with Gasteiger partial charge >= 0.3 is 0 Å². The van der Waals surface area contributed by atoms with E-state index in [0.717, 1.165) is 23.2 Å². The largest absolute Gasteiger partial charge is 0.396 e. The Bertz CT molecular complexity index is 363. The molecule has 0 atom stereocenters. The van der Waals surface area contributed by atoms with Crippen molar-refractivity contribution in [2.45, 2.75) is 19.8 Å². The molecule has 0 amide bonds. The summed E-state index contributed by atoms with van der Waals surface area (Å²) in [7, 11) is 2.01. The zero-order valence-corrected chi connectivity index (χ0v) is 9.60. The molecule has 0 unspecified atom stereocenters. The first-order valence-electron chi connectivity index (χ1n) is 4.39. The number of nitrogens with zero attached hydrogens (tertiary/aromatic N) is 1. The third-order valence-electron chi connectivity index (χ3n) is 2.15.